The maximum absolute atomic E-state index is 2.26. The Labute approximate surface area is 74.9 Å². The normalized spacial score (nSPS) is 10.8. The number of allylic oxidation sites excluding steroid dienone is 2. The Kier molecular flexibility index (Phi) is 4.22. The molecule has 0 aliphatic heterocycles. The van der Waals surface area contributed by atoms with E-state index in [1.54, 1.807) is 0 Å². The summed E-state index contributed by atoms with van der Waals surface area (Å²) in [4.78, 5) is 0. The molecule has 0 unspecified atom stereocenters. The number of hydrogen-bond acceptors (Lipinski definition) is 0. The minimum absolute atomic E-state index is 1.07. The maximum atomic E-state index is 2.26. The van der Waals surface area contributed by atoms with Crippen LogP contribution < -0.4 is 0 Å². The second-order valence-corrected chi connectivity index (χ2v) is 2.95. The van der Waals surface area contributed by atoms with Crippen molar-refractivity contribution in [3.05, 3.63) is 48.0 Å². The third kappa shape index (κ3) is 3.38. The topological polar surface area (TPSA) is 0 Å². The lowest BCUT2D eigenvalue weighted by atomic mass is 10.1. The van der Waals surface area contributed by atoms with Gasteiger partial charge in [0.1, 0.15) is 0 Å². The van der Waals surface area contributed by atoms with Gasteiger partial charge in [0.25, 0.3) is 0 Å². The second kappa shape index (κ2) is 5.59. The first kappa shape index (κ1) is 9.05. The van der Waals surface area contributed by atoms with E-state index in [9.17, 15) is 0 Å². The zero-order valence-electron chi connectivity index (χ0n) is 7.66. The summed E-state index contributed by atoms with van der Waals surface area (Å²) in [6, 6.07) is 10.6. The zero-order valence-corrected chi connectivity index (χ0v) is 7.66. The van der Waals surface area contributed by atoms with Gasteiger partial charge in [0, 0.05) is 0 Å². The highest BCUT2D eigenvalue weighted by Crippen LogP contribution is 2.00. The van der Waals surface area contributed by atoms with Crippen molar-refractivity contribution < 1.29 is 0 Å². The molecule has 0 spiro atoms. The molecule has 0 atom stereocenters. The summed E-state index contributed by atoms with van der Waals surface area (Å²) < 4.78 is 0. The summed E-state index contributed by atoms with van der Waals surface area (Å²) in [5, 5.41) is 0. The Hall–Kier alpha value is -1.04. The molecule has 12 heavy (non-hydrogen) atoms. The molecule has 0 nitrogen and oxygen atoms in total. The molecular formula is C12H16. The van der Waals surface area contributed by atoms with Crippen molar-refractivity contribution in [2.75, 3.05) is 0 Å². The van der Waals surface area contributed by atoms with Gasteiger partial charge in [-0.15, -0.1) is 0 Å². The number of rotatable bonds is 4. The summed E-state index contributed by atoms with van der Waals surface area (Å²) >= 11 is 0. The zero-order chi connectivity index (χ0) is 8.65. The molecule has 1 aromatic rings. The van der Waals surface area contributed by atoms with Gasteiger partial charge in [-0.25, -0.2) is 0 Å². The van der Waals surface area contributed by atoms with E-state index in [1.807, 2.05) is 0 Å². The number of hydrogen-bond donors (Lipinski definition) is 0. The van der Waals surface area contributed by atoms with Crippen LogP contribution in [-0.4, -0.2) is 0 Å². The molecule has 64 valence electrons. The molecule has 0 N–H and O–H groups in total. The Bertz CT molecular complexity index is 221. The van der Waals surface area contributed by atoms with Gasteiger partial charge in [-0.2, -0.15) is 0 Å². The highest BCUT2D eigenvalue weighted by Gasteiger charge is 1.84. The van der Waals surface area contributed by atoms with Gasteiger partial charge in [0.2, 0.25) is 0 Å². The van der Waals surface area contributed by atoms with Gasteiger partial charge in [-0.05, 0) is 18.4 Å². The molecule has 0 aliphatic carbocycles. The van der Waals surface area contributed by atoms with E-state index >= 15 is 0 Å². The molecule has 0 bridgehead atoms. The van der Waals surface area contributed by atoms with Crippen LogP contribution in [0.4, 0.5) is 0 Å². The molecule has 0 aromatic heterocycles. The van der Waals surface area contributed by atoms with Crippen molar-refractivity contribution in [3.63, 3.8) is 0 Å². The Balaban J connectivity index is 2.33. The molecular weight excluding hydrogens is 144 g/mol. The van der Waals surface area contributed by atoms with E-state index in [0.717, 1.165) is 6.42 Å². The van der Waals surface area contributed by atoms with E-state index in [1.165, 1.54) is 18.4 Å². The quantitative estimate of drug-likeness (QED) is 0.590. The van der Waals surface area contributed by atoms with Crippen molar-refractivity contribution in [2.45, 2.75) is 26.2 Å². The highest BCUT2D eigenvalue weighted by atomic mass is 13.9. The van der Waals surface area contributed by atoms with E-state index in [2.05, 4.69) is 49.4 Å². The van der Waals surface area contributed by atoms with Crippen LogP contribution in [0.2, 0.25) is 0 Å². The second-order valence-electron chi connectivity index (χ2n) is 2.95. The lowest BCUT2D eigenvalue weighted by Crippen LogP contribution is -1.77. The van der Waals surface area contributed by atoms with Crippen LogP contribution in [0.5, 0.6) is 0 Å². The van der Waals surface area contributed by atoms with Crippen molar-refractivity contribution in [2.24, 2.45) is 0 Å². The SMILES string of the molecule is CCCC=CCc1ccccc1. The first-order valence-electron chi connectivity index (χ1n) is 4.62. The molecule has 0 saturated carbocycles. The maximum Gasteiger partial charge on any atom is -0.00975 e. The monoisotopic (exact) mass is 160 g/mol. The third-order valence-corrected chi connectivity index (χ3v) is 1.82. The first-order valence-corrected chi connectivity index (χ1v) is 4.62. The molecule has 0 saturated heterocycles. The van der Waals surface area contributed by atoms with E-state index in [-0.39, 0.29) is 0 Å². The van der Waals surface area contributed by atoms with Crippen LogP contribution in [-0.2, 0) is 6.42 Å². The minimum atomic E-state index is 1.07. The van der Waals surface area contributed by atoms with Gasteiger partial charge in [-0.1, -0.05) is 55.8 Å². The minimum Gasteiger partial charge on any atom is -0.0882 e. The van der Waals surface area contributed by atoms with Crippen LogP contribution in [0.25, 0.3) is 0 Å². The van der Waals surface area contributed by atoms with Gasteiger partial charge in [0.05, 0.1) is 0 Å². The van der Waals surface area contributed by atoms with Gasteiger partial charge in [-0.3, -0.25) is 0 Å². The van der Waals surface area contributed by atoms with Crippen LogP contribution in [0.15, 0.2) is 42.5 Å². The molecule has 0 heteroatoms. The summed E-state index contributed by atoms with van der Waals surface area (Å²) in [6.07, 6.45) is 8.02. The van der Waals surface area contributed by atoms with Crippen molar-refractivity contribution in [3.8, 4) is 0 Å². The standard InChI is InChI=1S/C12H16/c1-2-3-4-6-9-12-10-7-5-8-11-12/h4-8,10-11H,2-3,9H2,1H3. The fourth-order valence-corrected chi connectivity index (χ4v) is 1.12. The lowest BCUT2D eigenvalue weighted by Gasteiger charge is -1.93. The summed E-state index contributed by atoms with van der Waals surface area (Å²) in [6.45, 7) is 2.20. The molecule has 0 heterocycles. The number of benzene rings is 1. The average molecular weight is 160 g/mol. The Morgan fingerprint density at radius 3 is 2.50 bits per heavy atom. The van der Waals surface area contributed by atoms with Crippen molar-refractivity contribution in [1.29, 1.82) is 0 Å². The summed E-state index contributed by atoms with van der Waals surface area (Å²) in [7, 11) is 0. The third-order valence-electron chi connectivity index (χ3n) is 1.82. The van der Waals surface area contributed by atoms with Crippen LogP contribution in [0.3, 0.4) is 0 Å². The van der Waals surface area contributed by atoms with Gasteiger partial charge >= 0.3 is 0 Å². The van der Waals surface area contributed by atoms with Gasteiger partial charge in [0.15, 0.2) is 0 Å². The highest BCUT2D eigenvalue weighted by molar-refractivity contribution is 5.17. The molecule has 0 aliphatic rings. The van der Waals surface area contributed by atoms with Gasteiger partial charge < -0.3 is 0 Å². The Morgan fingerprint density at radius 1 is 1.08 bits per heavy atom. The molecule has 0 fully saturated rings. The van der Waals surface area contributed by atoms with Crippen LogP contribution >= 0.6 is 0 Å². The largest absolute Gasteiger partial charge is 0.0882 e. The smallest absolute Gasteiger partial charge is 0.00975 e. The first-order chi connectivity index (χ1) is 5.93. The van der Waals surface area contributed by atoms with E-state index < -0.39 is 0 Å². The van der Waals surface area contributed by atoms with E-state index in [0.29, 0.717) is 0 Å². The fraction of sp³-hybridized carbons (Fsp3) is 0.333. The Morgan fingerprint density at radius 2 is 1.83 bits per heavy atom. The van der Waals surface area contributed by atoms with Crippen molar-refractivity contribution in [1.82, 2.24) is 0 Å². The van der Waals surface area contributed by atoms with Crippen molar-refractivity contribution >= 4 is 0 Å². The van der Waals surface area contributed by atoms with Crippen LogP contribution in [0.1, 0.15) is 25.3 Å². The van der Waals surface area contributed by atoms with Crippen LogP contribution in [0, 0.1) is 0 Å². The predicted octanol–water partition coefficient (Wildman–Crippen LogP) is 3.59. The molecule has 1 rings (SSSR count). The van der Waals surface area contributed by atoms with E-state index in [4.69, 9.17) is 0 Å². The average Bonchev–Trinajstić information content (AvgIpc) is 2.14. The fourth-order valence-electron chi connectivity index (χ4n) is 1.12. The molecule has 0 radical (unpaired) electrons. The predicted molar refractivity (Wildman–Crippen MR) is 54.2 cm³/mol. The summed E-state index contributed by atoms with van der Waals surface area (Å²) in [5.41, 5.74) is 1.39. The lowest BCUT2D eigenvalue weighted by molar-refractivity contribution is 0.953. The molecule has 0 amide bonds. The molecule has 1 aromatic carbocycles. The number of unbranched alkanes of at least 4 members (excludes halogenated alkanes) is 1. The summed E-state index contributed by atoms with van der Waals surface area (Å²) in [5.74, 6) is 0.